The molecule has 1 aromatic heterocycles. The molecule has 24 heavy (non-hydrogen) atoms. The molecule has 0 aliphatic carbocycles. The van der Waals surface area contributed by atoms with Gasteiger partial charge in [0.15, 0.2) is 6.29 Å². The summed E-state index contributed by atoms with van der Waals surface area (Å²) in [5, 5.41) is 8.85. The van der Waals surface area contributed by atoms with Crippen molar-refractivity contribution in [1.29, 1.82) is 0 Å². The summed E-state index contributed by atoms with van der Waals surface area (Å²) in [4.78, 5) is 14.9. The fourth-order valence-corrected chi connectivity index (χ4v) is 3.29. The fourth-order valence-electron chi connectivity index (χ4n) is 2.56. The number of aliphatic hydroxyl groups excluding tert-OH is 1. The first-order chi connectivity index (χ1) is 11.8. The average Bonchev–Trinajstić information content (AvgIpc) is 3.09. The third-order valence-corrected chi connectivity index (χ3v) is 4.91. The Labute approximate surface area is 148 Å². The Bertz CT molecular complexity index is 646. The zero-order chi connectivity index (χ0) is 17.2. The van der Waals surface area contributed by atoms with Crippen molar-refractivity contribution in [3.63, 3.8) is 0 Å². The molecule has 2 aromatic rings. The first-order valence-corrected chi connectivity index (χ1v) is 9.27. The van der Waals surface area contributed by atoms with E-state index in [2.05, 4.69) is 42.2 Å². The maximum atomic E-state index is 10.7. The van der Waals surface area contributed by atoms with Gasteiger partial charge in [-0.25, -0.2) is 0 Å². The molecule has 0 bridgehead atoms. The van der Waals surface area contributed by atoms with Crippen molar-refractivity contribution < 1.29 is 9.90 Å². The lowest BCUT2D eigenvalue weighted by atomic mass is 10.1. The zero-order valence-electron chi connectivity index (χ0n) is 14.1. The van der Waals surface area contributed by atoms with Crippen LogP contribution in [0.5, 0.6) is 0 Å². The minimum atomic E-state index is 0.283. The summed E-state index contributed by atoms with van der Waals surface area (Å²) in [6, 6.07) is 12.4. The second kappa shape index (κ2) is 10.1. The molecule has 0 fully saturated rings. The number of anilines is 1. The van der Waals surface area contributed by atoms with Crippen LogP contribution in [0.4, 0.5) is 5.69 Å². The molecular formula is C20H25NO2S. The molecule has 0 saturated carbocycles. The van der Waals surface area contributed by atoms with Crippen molar-refractivity contribution >= 4 is 35.5 Å². The van der Waals surface area contributed by atoms with Gasteiger partial charge in [0.05, 0.1) is 4.88 Å². The Morgan fingerprint density at radius 1 is 1.00 bits per heavy atom. The number of unbranched alkanes of at least 4 members (excludes halogenated alkanes) is 2. The number of aldehydes is 1. The van der Waals surface area contributed by atoms with Gasteiger partial charge in [0.1, 0.15) is 0 Å². The van der Waals surface area contributed by atoms with Gasteiger partial charge in [0.25, 0.3) is 0 Å². The highest BCUT2D eigenvalue weighted by atomic mass is 32.1. The summed E-state index contributed by atoms with van der Waals surface area (Å²) >= 11 is 1.50. The minimum absolute atomic E-state index is 0.283. The Kier molecular flexibility index (Phi) is 7.72. The summed E-state index contributed by atoms with van der Waals surface area (Å²) in [6.07, 6.45) is 8.05. The molecule has 128 valence electrons. The largest absolute Gasteiger partial charge is 0.396 e. The van der Waals surface area contributed by atoms with Crippen LogP contribution >= 0.6 is 11.3 Å². The van der Waals surface area contributed by atoms with Crippen molar-refractivity contribution in [2.75, 3.05) is 24.6 Å². The third kappa shape index (κ3) is 5.62. The van der Waals surface area contributed by atoms with E-state index in [1.807, 2.05) is 18.2 Å². The van der Waals surface area contributed by atoms with Gasteiger partial charge in [-0.05, 0) is 62.1 Å². The quantitative estimate of drug-likeness (QED) is 0.501. The smallest absolute Gasteiger partial charge is 0.160 e. The van der Waals surface area contributed by atoms with E-state index in [1.165, 1.54) is 17.0 Å². The van der Waals surface area contributed by atoms with E-state index < -0.39 is 0 Å². The number of aliphatic hydroxyl groups is 1. The van der Waals surface area contributed by atoms with Gasteiger partial charge in [-0.15, -0.1) is 11.3 Å². The van der Waals surface area contributed by atoms with Gasteiger partial charge in [-0.2, -0.15) is 0 Å². The Morgan fingerprint density at radius 3 is 2.38 bits per heavy atom. The van der Waals surface area contributed by atoms with Crippen LogP contribution in [-0.2, 0) is 0 Å². The molecule has 1 N–H and O–H groups in total. The summed E-state index contributed by atoms with van der Waals surface area (Å²) in [5.74, 6) is 0. The monoisotopic (exact) mass is 343 g/mol. The second-order valence-electron chi connectivity index (χ2n) is 5.65. The van der Waals surface area contributed by atoms with E-state index in [4.69, 9.17) is 5.11 Å². The van der Waals surface area contributed by atoms with Crippen molar-refractivity contribution in [3.05, 3.63) is 51.7 Å². The maximum absolute atomic E-state index is 10.7. The maximum Gasteiger partial charge on any atom is 0.160 e. The lowest BCUT2D eigenvalue weighted by Crippen LogP contribution is -2.23. The van der Waals surface area contributed by atoms with Crippen LogP contribution in [0, 0.1) is 0 Å². The number of nitrogens with zero attached hydrogens (tertiary/aromatic N) is 1. The van der Waals surface area contributed by atoms with Crippen LogP contribution in [-0.4, -0.2) is 31.1 Å². The lowest BCUT2D eigenvalue weighted by molar-refractivity contribution is 0.112. The topological polar surface area (TPSA) is 40.5 Å². The van der Waals surface area contributed by atoms with E-state index in [0.717, 1.165) is 54.0 Å². The van der Waals surface area contributed by atoms with Crippen molar-refractivity contribution in [3.8, 4) is 0 Å². The molecule has 2 rings (SSSR count). The molecule has 0 aliphatic heterocycles. The van der Waals surface area contributed by atoms with Crippen molar-refractivity contribution in [2.24, 2.45) is 0 Å². The van der Waals surface area contributed by atoms with Crippen LogP contribution in [0.1, 0.15) is 46.3 Å². The minimum Gasteiger partial charge on any atom is -0.396 e. The van der Waals surface area contributed by atoms with E-state index in [9.17, 15) is 4.79 Å². The Morgan fingerprint density at radius 2 is 1.75 bits per heavy atom. The predicted octanol–water partition coefficient (Wildman–Crippen LogP) is 4.72. The summed E-state index contributed by atoms with van der Waals surface area (Å²) in [5.41, 5.74) is 2.38. The van der Waals surface area contributed by atoms with Crippen LogP contribution < -0.4 is 4.90 Å². The molecule has 0 radical (unpaired) electrons. The standard InChI is InChI=1S/C20H25NO2S/c1-2-21(14-4-3-5-15-22)18-9-6-17(7-10-18)8-11-19-12-13-20(16-23)24-19/h6-13,16,22H,2-5,14-15H2,1H3. The van der Waals surface area contributed by atoms with Crippen LogP contribution in [0.25, 0.3) is 12.2 Å². The highest BCUT2D eigenvalue weighted by Crippen LogP contribution is 2.20. The van der Waals surface area contributed by atoms with Gasteiger partial charge in [-0.3, -0.25) is 4.79 Å². The van der Waals surface area contributed by atoms with Gasteiger partial charge < -0.3 is 10.0 Å². The normalized spacial score (nSPS) is 11.1. The SMILES string of the molecule is CCN(CCCCCO)c1ccc(C=Cc2ccc(C=O)s2)cc1. The third-order valence-electron chi connectivity index (χ3n) is 3.93. The molecule has 0 amide bonds. The molecule has 0 atom stereocenters. The van der Waals surface area contributed by atoms with Crippen molar-refractivity contribution in [1.82, 2.24) is 0 Å². The molecule has 3 nitrogen and oxygen atoms in total. The number of carbonyl (C=O) groups excluding carboxylic acids is 1. The average molecular weight is 343 g/mol. The number of hydrogen-bond acceptors (Lipinski definition) is 4. The number of carbonyl (C=O) groups is 1. The van der Waals surface area contributed by atoms with E-state index >= 15 is 0 Å². The molecule has 1 aromatic carbocycles. The molecule has 1 heterocycles. The molecule has 4 heteroatoms. The van der Waals surface area contributed by atoms with Gasteiger partial charge >= 0.3 is 0 Å². The second-order valence-corrected chi connectivity index (χ2v) is 6.79. The van der Waals surface area contributed by atoms with Crippen molar-refractivity contribution in [2.45, 2.75) is 26.2 Å². The van der Waals surface area contributed by atoms with Crippen LogP contribution in [0.2, 0.25) is 0 Å². The van der Waals surface area contributed by atoms with Crippen LogP contribution in [0.15, 0.2) is 36.4 Å². The molecule has 0 saturated heterocycles. The number of hydrogen-bond donors (Lipinski definition) is 1. The number of rotatable bonds is 10. The highest BCUT2D eigenvalue weighted by molar-refractivity contribution is 7.14. The summed E-state index contributed by atoms with van der Waals surface area (Å²) in [6.45, 7) is 4.46. The first-order valence-electron chi connectivity index (χ1n) is 8.45. The predicted molar refractivity (Wildman–Crippen MR) is 104 cm³/mol. The molecule has 0 aliphatic rings. The number of thiophene rings is 1. The number of benzene rings is 1. The summed E-state index contributed by atoms with van der Waals surface area (Å²) in [7, 11) is 0. The Balaban J connectivity index is 1.94. The van der Waals surface area contributed by atoms with E-state index in [1.54, 1.807) is 0 Å². The van der Waals surface area contributed by atoms with Gasteiger partial charge in [0, 0.05) is 30.3 Å². The molecule has 0 spiro atoms. The summed E-state index contributed by atoms with van der Waals surface area (Å²) < 4.78 is 0. The molecular weight excluding hydrogens is 318 g/mol. The Hall–Kier alpha value is -1.91. The van der Waals surface area contributed by atoms with E-state index in [-0.39, 0.29) is 6.61 Å². The lowest BCUT2D eigenvalue weighted by Gasteiger charge is -2.23. The fraction of sp³-hybridized carbons (Fsp3) is 0.350. The zero-order valence-corrected chi connectivity index (χ0v) is 15.0. The van der Waals surface area contributed by atoms with Gasteiger partial charge in [-0.1, -0.05) is 18.2 Å². The highest BCUT2D eigenvalue weighted by Gasteiger charge is 2.03. The van der Waals surface area contributed by atoms with E-state index in [0.29, 0.717) is 0 Å². The molecule has 0 unspecified atom stereocenters. The van der Waals surface area contributed by atoms with Gasteiger partial charge in [0.2, 0.25) is 0 Å². The van der Waals surface area contributed by atoms with Crippen LogP contribution in [0.3, 0.4) is 0 Å². The first kappa shape index (κ1) is 18.4.